The van der Waals surface area contributed by atoms with Crippen LogP contribution in [0.25, 0.3) is 22.1 Å². The third-order valence-electron chi connectivity index (χ3n) is 3.28. The summed E-state index contributed by atoms with van der Waals surface area (Å²) in [6.07, 6.45) is 0.696. The SMILES string of the molecule is CC(=O)c1ccc(-c2ccc3oc(C=O)cc3c2)cc1. The van der Waals surface area contributed by atoms with Gasteiger partial charge in [0.1, 0.15) is 5.58 Å². The maximum absolute atomic E-state index is 11.3. The standard InChI is InChI=1S/C17H12O3/c1-11(19)12-2-4-13(5-3-12)14-6-7-17-15(8-14)9-16(10-18)20-17/h2-10H,1H3. The number of ketones is 1. The van der Waals surface area contributed by atoms with Crippen LogP contribution < -0.4 is 0 Å². The molecule has 0 saturated carbocycles. The van der Waals surface area contributed by atoms with Gasteiger partial charge in [0.15, 0.2) is 17.8 Å². The molecule has 0 spiro atoms. The summed E-state index contributed by atoms with van der Waals surface area (Å²) in [4.78, 5) is 22.0. The lowest BCUT2D eigenvalue weighted by Crippen LogP contribution is -1.90. The summed E-state index contributed by atoms with van der Waals surface area (Å²) < 4.78 is 5.35. The van der Waals surface area contributed by atoms with Crippen LogP contribution in [0, 0.1) is 0 Å². The zero-order valence-corrected chi connectivity index (χ0v) is 10.9. The maximum Gasteiger partial charge on any atom is 0.185 e. The molecule has 0 aliphatic carbocycles. The number of carbonyl (C=O) groups is 2. The Morgan fingerprint density at radius 2 is 1.70 bits per heavy atom. The molecule has 0 aliphatic heterocycles. The number of furan rings is 1. The lowest BCUT2D eigenvalue weighted by atomic mass is 10.0. The van der Waals surface area contributed by atoms with Crippen LogP contribution in [0.3, 0.4) is 0 Å². The van der Waals surface area contributed by atoms with Crippen LogP contribution in [0.2, 0.25) is 0 Å². The number of benzene rings is 2. The molecule has 0 unspecified atom stereocenters. The lowest BCUT2D eigenvalue weighted by molar-refractivity contribution is 0.101. The Morgan fingerprint density at radius 3 is 2.35 bits per heavy atom. The average Bonchev–Trinajstić information content (AvgIpc) is 2.89. The van der Waals surface area contributed by atoms with Gasteiger partial charge in [0.25, 0.3) is 0 Å². The normalized spacial score (nSPS) is 10.7. The van der Waals surface area contributed by atoms with Gasteiger partial charge in [0, 0.05) is 10.9 Å². The highest BCUT2D eigenvalue weighted by Crippen LogP contribution is 2.26. The zero-order valence-electron chi connectivity index (χ0n) is 10.9. The van der Waals surface area contributed by atoms with Gasteiger partial charge in [-0.1, -0.05) is 30.3 Å². The molecular weight excluding hydrogens is 252 g/mol. The smallest absolute Gasteiger partial charge is 0.185 e. The Morgan fingerprint density at radius 1 is 1.00 bits per heavy atom. The molecule has 0 saturated heterocycles. The second-order valence-corrected chi connectivity index (χ2v) is 4.65. The van der Waals surface area contributed by atoms with Gasteiger partial charge in [-0.15, -0.1) is 0 Å². The molecule has 0 bridgehead atoms. The minimum absolute atomic E-state index is 0.0532. The first kappa shape index (κ1) is 12.4. The Hall–Kier alpha value is -2.68. The quantitative estimate of drug-likeness (QED) is 0.528. The first-order chi connectivity index (χ1) is 9.67. The molecular formula is C17H12O3. The first-order valence-electron chi connectivity index (χ1n) is 6.27. The van der Waals surface area contributed by atoms with Crippen molar-refractivity contribution in [3.8, 4) is 11.1 Å². The highest BCUT2D eigenvalue weighted by Gasteiger charge is 2.06. The average molecular weight is 264 g/mol. The number of Topliss-reactive ketones (excluding diaryl/α,β-unsaturated/α-hetero) is 1. The molecule has 3 heteroatoms. The number of fused-ring (bicyclic) bond motifs is 1. The summed E-state index contributed by atoms with van der Waals surface area (Å²) in [7, 11) is 0. The molecule has 0 fully saturated rings. The van der Waals surface area contributed by atoms with Gasteiger partial charge in [-0.25, -0.2) is 0 Å². The van der Waals surface area contributed by atoms with Gasteiger partial charge in [-0.05, 0) is 36.2 Å². The third-order valence-corrected chi connectivity index (χ3v) is 3.28. The van der Waals surface area contributed by atoms with Crippen molar-refractivity contribution in [2.45, 2.75) is 6.92 Å². The van der Waals surface area contributed by atoms with E-state index in [9.17, 15) is 9.59 Å². The summed E-state index contributed by atoms with van der Waals surface area (Å²) in [6.45, 7) is 1.55. The molecule has 0 N–H and O–H groups in total. The van der Waals surface area contributed by atoms with E-state index in [4.69, 9.17) is 4.42 Å². The van der Waals surface area contributed by atoms with Crippen molar-refractivity contribution in [1.29, 1.82) is 0 Å². The van der Waals surface area contributed by atoms with Crippen molar-refractivity contribution in [2.24, 2.45) is 0 Å². The molecule has 1 aromatic heterocycles. The maximum atomic E-state index is 11.3. The Bertz CT molecular complexity index is 795. The lowest BCUT2D eigenvalue weighted by Gasteiger charge is -2.02. The van der Waals surface area contributed by atoms with Gasteiger partial charge in [-0.3, -0.25) is 9.59 Å². The topological polar surface area (TPSA) is 47.3 Å². The molecule has 3 rings (SSSR count). The fourth-order valence-electron chi connectivity index (χ4n) is 2.20. The number of hydrogen-bond acceptors (Lipinski definition) is 3. The van der Waals surface area contributed by atoms with Gasteiger partial charge >= 0.3 is 0 Å². The second-order valence-electron chi connectivity index (χ2n) is 4.65. The van der Waals surface area contributed by atoms with E-state index in [1.165, 1.54) is 0 Å². The Kier molecular flexibility index (Phi) is 2.95. The summed E-state index contributed by atoms with van der Waals surface area (Å²) in [6, 6.07) is 14.9. The first-order valence-corrected chi connectivity index (χ1v) is 6.27. The van der Waals surface area contributed by atoms with Gasteiger partial charge in [0.05, 0.1) is 0 Å². The molecule has 98 valence electrons. The monoisotopic (exact) mass is 264 g/mol. The van der Waals surface area contributed by atoms with Crippen molar-refractivity contribution in [3.05, 3.63) is 59.9 Å². The van der Waals surface area contributed by atoms with E-state index < -0.39 is 0 Å². The van der Waals surface area contributed by atoms with Crippen LogP contribution in [0.1, 0.15) is 27.8 Å². The number of aldehydes is 1. The molecule has 0 atom stereocenters. The summed E-state index contributed by atoms with van der Waals surface area (Å²) in [5.74, 6) is 0.376. The van der Waals surface area contributed by atoms with Crippen LogP contribution in [0.15, 0.2) is 52.9 Å². The van der Waals surface area contributed by atoms with Crippen LogP contribution in [-0.4, -0.2) is 12.1 Å². The molecule has 3 aromatic rings. The highest BCUT2D eigenvalue weighted by molar-refractivity contribution is 5.94. The number of carbonyl (C=O) groups excluding carboxylic acids is 2. The summed E-state index contributed by atoms with van der Waals surface area (Å²) in [5.41, 5.74) is 3.43. The summed E-state index contributed by atoms with van der Waals surface area (Å²) in [5, 5.41) is 0.889. The number of hydrogen-bond donors (Lipinski definition) is 0. The van der Waals surface area contributed by atoms with Crippen molar-refractivity contribution >= 4 is 23.0 Å². The molecule has 20 heavy (non-hydrogen) atoms. The van der Waals surface area contributed by atoms with Crippen molar-refractivity contribution in [1.82, 2.24) is 0 Å². The van der Waals surface area contributed by atoms with E-state index in [1.807, 2.05) is 42.5 Å². The Balaban J connectivity index is 2.04. The van der Waals surface area contributed by atoms with E-state index in [1.54, 1.807) is 13.0 Å². The van der Waals surface area contributed by atoms with E-state index in [0.29, 0.717) is 23.2 Å². The minimum atomic E-state index is 0.0532. The number of rotatable bonds is 3. The molecule has 1 heterocycles. The van der Waals surface area contributed by atoms with Gasteiger partial charge in [0.2, 0.25) is 0 Å². The zero-order chi connectivity index (χ0) is 14.1. The van der Waals surface area contributed by atoms with Crippen molar-refractivity contribution < 1.29 is 14.0 Å². The molecule has 0 amide bonds. The third kappa shape index (κ3) is 2.14. The van der Waals surface area contributed by atoms with Crippen LogP contribution in [0.5, 0.6) is 0 Å². The van der Waals surface area contributed by atoms with E-state index >= 15 is 0 Å². The largest absolute Gasteiger partial charge is 0.453 e. The molecule has 3 nitrogen and oxygen atoms in total. The Labute approximate surface area is 115 Å². The van der Waals surface area contributed by atoms with Crippen molar-refractivity contribution in [3.63, 3.8) is 0 Å². The van der Waals surface area contributed by atoms with Crippen LogP contribution >= 0.6 is 0 Å². The fraction of sp³-hybridized carbons (Fsp3) is 0.0588. The molecule has 0 radical (unpaired) electrons. The van der Waals surface area contributed by atoms with E-state index in [2.05, 4.69) is 0 Å². The van der Waals surface area contributed by atoms with E-state index in [-0.39, 0.29) is 5.78 Å². The second kappa shape index (κ2) is 4.78. The van der Waals surface area contributed by atoms with Crippen molar-refractivity contribution in [2.75, 3.05) is 0 Å². The van der Waals surface area contributed by atoms with Gasteiger partial charge < -0.3 is 4.42 Å². The molecule has 0 aliphatic rings. The predicted molar refractivity (Wildman–Crippen MR) is 77.0 cm³/mol. The fourth-order valence-corrected chi connectivity index (χ4v) is 2.20. The molecule has 2 aromatic carbocycles. The van der Waals surface area contributed by atoms with Crippen LogP contribution in [0.4, 0.5) is 0 Å². The predicted octanol–water partition coefficient (Wildman–Crippen LogP) is 4.11. The highest BCUT2D eigenvalue weighted by atomic mass is 16.3. The van der Waals surface area contributed by atoms with Crippen LogP contribution in [-0.2, 0) is 0 Å². The minimum Gasteiger partial charge on any atom is -0.453 e. The summed E-state index contributed by atoms with van der Waals surface area (Å²) >= 11 is 0. The van der Waals surface area contributed by atoms with Gasteiger partial charge in [-0.2, -0.15) is 0 Å². The van der Waals surface area contributed by atoms with E-state index in [0.717, 1.165) is 16.5 Å².